The van der Waals surface area contributed by atoms with E-state index < -0.39 is 28.0 Å². The third-order valence-electron chi connectivity index (χ3n) is 3.92. The highest BCUT2D eigenvalue weighted by Gasteiger charge is 2.19. The maximum atomic E-state index is 12.2. The van der Waals surface area contributed by atoms with Crippen molar-refractivity contribution in [3.63, 3.8) is 0 Å². The highest BCUT2D eigenvalue weighted by Crippen LogP contribution is 2.16. The van der Waals surface area contributed by atoms with Crippen molar-refractivity contribution in [2.45, 2.75) is 37.7 Å². The second-order valence-corrected chi connectivity index (χ2v) is 7.94. The molecule has 1 atom stereocenters. The van der Waals surface area contributed by atoms with Crippen LogP contribution in [-0.2, 0) is 19.6 Å². The molecular formula is C19H22N2O5S. The van der Waals surface area contributed by atoms with E-state index in [1.54, 1.807) is 12.1 Å². The molecule has 3 N–H and O–H groups in total. The minimum atomic E-state index is -3.80. The summed E-state index contributed by atoms with van der Waals surface area (Å²) < 4.78 is 27.6. The van der Waals surface area contributed by atoms with Crippen LogP contribution in [0.25, 0.3) is 0 Å². The number of esters is 1. The van der Waals surface area contributed by atoms with Gasteiger partial charge in [-0.2, -0.15) is 0 Å². The van der Waals surface area contributed by atoms with Crippen LogP contribution in [0.3, 0.4) is 0 Å². The van der Waals surface area contributed by atoms with Gasteiger partial charge in [-0.1, -0.05) is 26.0 Å². The van der Waals surface area contributed by atoms with E-state index in [-0.39, 0.29) is 4.90 Å². The number of benzene rings is 2. The summed E-state index contributed by atoms with van der Waals surface area (Å²) in [4.78, 5) is 24.3. The minimum Gasteiger partial charge on any atom is -0.449 e. The number of nitrogens with two attached hydrogens (primary N) is 1. The van der Waals surface area contributed by atoms with Crippen LogP contribution in [0.5, 0.6) is 0 Å². The Morgan fingerprint density at radius 2 is 1.52 bits per heavy atom. The lowest BCUT2D eigenvalue weighted by Crippen LogP contribution is -2.30. The molecule has 27 heavy (non-hydrogen) atoms. The zero-order valence-corrected chi connectivity index (χ0v) is 16.1. The van der Waals surface area contributed by atoms with Crippen LogP contribution in [0.2, 0.25) is 0 Å². The average Bonchev–Trinajstić information content (AvgIpc) is 2.61. The molecule has 2 aromatic carbocycles. The Morgan fingerprint density at radius 3 is 2.00 bits per heavy atom. The second kappa shape index (κ2) is 8.32. The summed E-state index contributed by atoms with van der Waals surface area (Å²) in [6.45, 7) is 5.55. The quantitative estimate of drug-likeness (QED) is 0.736. The van der Waals surface area contributed by atoms with Crippen molar-refractivity contribution in [2.24, 2.45) is 5.14 Å². The zero-order valence-electron chi connectivity index (χ0n) is 15.3. The van der Waals surface area contributed by atoms with Gasteiger partial charge in [-0.05, 0) is 54.8 Å². The molecule has 0 aromatic heterocycles. The smallest absolute Gasteiger partial charge is 0.338 e. The van der Waals surface area contributed by atoms with E-state index in [0.717, 1.165) is 5.56 Å². The van der Waals surface area contributed by atoms with Gasteiger partial charge in [0.1, 0.15) is 0 Å². The number of carbonyl (C=O) groups excluding carboxylic acids is 2. The first-order chi connectivity index (χ1) is 12.6. The maximum Gasteiger partial charge on any atom is 0.338 e. The van der Waals surface area contributed by atoms with Gasteiger partial charge >= 0.3 is 5.97 Å². The van der Waals surface area contributed by atoms with E-state index in [1.807, 2.05) is 12.1 Å². The highest BCUT2D eigenvalue weighted by molar-refractivity contribution is 7.89. The molecule has 0 aliphatic heterocycles. The van der Waals surface area contributed by atoms with Crippen LogP contribution in [-0.4, -0.2) is 26.4 Å². The van der Waals surface area contributed by atoms with Crippen molar-refractivity contribution in [1.29, 1.82) is 0 Å². The van der Waals surface area contributed by atoms with Crippen LogP contribution in [0.15, 0.2) is 53.4 Å². The Balaban J connectivity index is 1.97. The number of amides is 1. The number of rotatable bonds is 6. The van der Waals surface area contributed by atoms with Crippen molar-refractivity contribution >= 4 is 27.6 Å². The third kappa shape index (κ3) is 5.63. The largest absolute Gasteiger partial charge is 0.449 e. The Morgan fingerprint density at radius 1 is 0.963 bits per heavy atom. The lowest BCUT2D eigenvalue weighted by atomic mass is 10.0. The Kier molecular flexibility index (Phi) is 6.35. The van der Waals surface area contributed by atoms with Crippen molar-refractivity contribution in [2.75, 3.05) is 5.32 Å². The number of hydrogen-bond donors (Lipinski definition) is 2. The molecule has 8 heteroatoms. The molecule has 2 rings (SSSR count). The Bertz CT molecular complexity index is 920. The van der Waals surface area contributed by atoms with Crippen molar-refractivity contribution < 1.29 is 22.7 Å². The van der Waals surface area contributed by atoms with Gasteiger partial charge in [0.05, 0.1) is 10.5 Å². The summed E-state index contributed by atoms with van der Waals surface area (Å²) in [6, 6.07) is 12.4. The third-order valence-corrected chi connectivity index (χ3v) is 4.85. The summed E-state index contributed by atoms with van der Waals surface area (Å²) >= 11 is 0. The van der Waals surface area contributed by atoms with Gasteiger partial charge in [0, 0.05) is 5.69 Å². The fourth-order valence-corrected chi connectivity index (χ4v) is 2.77. The molecule has 0 heterocycles. The van der Waals surface area contributed by atoms with Gasteiger partial charge in [-0.15, -0.1) is 0 Å². The van der Waals surface area contributed by atoms with E-state index >= 15 is 0 Å². The fourth-order valence-electron chi connectivity index (χ4n) is 2.26. The first kappa shape index (κ1) is 20.6. The number of carbonyl (C=O) groups is 2. The lowest BCUT2D eigenvalue weighted by molar-refractivity contribution is -0.123. The fraction of sp³-hybridized carbons (Fsp3) is 0.263. The standard InChI is InChI=1S/C19H22N2O5S/c1-12(2)14-4-6-15(7-5-14)19(23)26-13(3)18(22)21-16-8-10-17(11-9-16)27(20,24)25/h4-13H,1-3H3,(H,21,22)(H2,20,24,25). The molecule has 0 saturated carbocycles. The van der Waals surface area contributed by atoms with Gasteiger partial charge in [0.15, 0.2) is 6.10 Å². The molecule has 0 spiro atoms. The van der Waals surface area contributed by atoms with Crippen LogP contribution in [0.4, 0.5) is 5.69 Å². The number of sulfonamides is 1. The van der Waals surface area contributed by atoms with Crippen LogP contribution < -0.4 is 10.5 Å². The minimum absolute atomic E-state index is 0.0650. The van der Waals surface area contributed by atoms with E-state index in [1.165, 1.54) is 31.2 Å². The molecule has 7 nitrogen and oxygen atoms in total. The Hall–Kier alpha value is -2.71. The van der Waals surface area contributed by atoms with E-state index in [0.29, 0.717) is 17.2 Å². The Labute approximate surface area is 158 Å². The van der Waals surface area contributed by atoms with Gasteiger partial charge in [-0.3, -0.25) is 4.79 Å². The molecule has 2 aromatic rings. The van der Waals surface area contributed by atoms with Gasteiger partial charge in [0.2, 0.25) is 10.0 Å². The maximum absolute atomic E-state index is 12.2. The molecule has 0 saturated heterocycles. The number of ether oxygens (including phenoxy) is 1. The zero-order chi connectivity index (χ0) is 20.2. The van der Waals surface area contributed by atoms with Gasteiger partial charge in [-0.25, -0.2) is 18.4 Å². The summed E-state index contributed by atoms with van der Waals surface area (Å²) in [5, 5.41) is 7.57. The van der Waals surface area contributed by atoms with Gasteiger partial charge < -0.3 is 10.1 Å². The highest BCUT2D eigenvalue weighted by atomic mass is 32.2. The molecule has 144 valence electrons. The molecule has 1 unspecified atom stereocenters. The van der Waals surface area contributed by atoms with E-state index in [2.05, 4.69) is 19.2 Å². The molecule has 1 amide bonds. The summed E-state index contributed by atoms with van der Waals surface area (Å²) in [5.74, 6) is -0.788. The van der Waals surface area contributed by atoms with Crippen molar-refractivity contribution in [3.8, 4) is 0 Å². The summed E-state index contributed by atoms with van der Waals surface area (Å²) in [6.07, 6.45) is -1.03. The van der Waals surface area contributed by atoms with E-state index in [4.69, 9.17) is 9.88 Å². The van der Waals surface area contributed by atoms with Crippen LogP contribution in [0.1, 0.15) is 42.6 Å². The van der Waals surface area contributed by atoms with Crippen molar-refractivity contribution in [1.82, 2.24) is 0 Å². The summed E-state index contributed by atoms with van der Waals surface area (Å²) in [7, 11) is -3.80. The molecule has 0 fully saturated rings. The average molecular weight is 390 g/mol. The number of hydrogen-bond acceptors (Lipinski definition) is 5. The SMILES string of the molecule is CC(OC(=O)c1ccc(C(C)C)cc1)C(=O)Nc1ccc(S(N)(=O)=O)cc1. The monoisotopic (exact) mass is 390 g/mol. The van der Waals surface area contributed by atoms with Gasteiger partial charge in [0.25, 0.3) is 5.91 Å². The van der Waals surface area contributed by atoms with Crippen molar-refractivity contribution in [3.05, 3.63) is 59.7 Å². The predicted octanol–water partition coefficient (Wildman–Crippen LogP) is 2.64. The number of anilines is 1. The summed E-state index contributed by atoms with van der Waals surface area (Å²) in [5.41, 5.74) is 1.81. The lowest BCUT2D eigenvalue weighted by Gasteiger charge is -2.14. The first-order valence-corrected chi connectivity index (χ1v) is 9.87. The second-order valence-electron chi connectivity index (χ2n) is 6.38. The molecule has 0 aliphatic rings. The normalized spacial score (nSPS) is 12.5. The topological polar surface area (TPSA) is 116 Å². The van der Waals surface area contributed by atoms with Crippen LogP contribution >= 0.6 is 0 Å². The first-order valence-electron chi connectivity index (χ1n) is 8.32. The predicted molar refractivity (Wildman–Crippen MR) is 102 cm³/mol. The number of nitrogens with one attached hydrogen (secondary N) is 1. The number of primary sulfonamides is 1. The molecular weight excluding hydrogens is 368 g/mol. The van der Waals surface area contributed by atoms with Crippen LogP contribution in [0, 0.1) is 0 Å². The van der Waals surface area contributed by atoms with E-state index in [9.17, 15) is 18.0 Å². The molecule has 0 radical (unpaired) electrons. The molecule has 0 bridgehead atoms. The molecule has 0 aliphatic carbocycles.